The van der Waals surface area contributed by atoms with Crippen LogP contribution in [0.4, 0.5) is 0 Å². The van der Waals surface area contributed by atoms with Crippen molar-refractivity contribution in [3.63, 3.8) is 0 Å². The van der Waals surface area contributed by atoms with E-state index >= 15 is 0 Å². The summed E-state index contributed by atoms with van der Waals surface area (Å²) in [6, 6.07) is 16.1. The molecule has 0 aliphatic heterocycles. The number of rotatable bonds is 9. The van der Waals surface area contributed by atoms with Crippen molar-refractivity contribution in [1.29, 1.82) is 0 Å². The third-order valence-corrected chi connectivity index (χ3v) is 5.82. The maximum Gasteiger partial charge on any atom is 0.217 e. The molecule has 2 N–H and O–H groups in total. The van der Waals surface area contributed by atoms with Gasteiger partial charge < -0.3 is 10.2 Å². The van der Waals surface area contributed by atoms with Crippen molar-refractivity contribution in [2.24, 2.45) is 5.73 Å². The Hall–Kier alpha value is -3.13. The lowest BCUT2D eigenvalue weighted by Crippen LogP contribution is -2.14. The van der Waals surface area contributed by atoms with Crippen molar-refractivity contribution in [1.82, 2.24) is 19.7 Å². The van der Waals surface area contributed by atoms with Crippen LogP contribution in [0, 0.1) is 0 Å². The Bertz CT molecular complexity index is 1140. The van der Waals surface area contributed by atoms with E-state index in [1.807, 2.05) is 34.9 Å². The second-order valence-electron chi connectivity index (χ2n) is 7.16. The van der Waals surface area contributed by atoms with Crippen molar-refractivity contribution in [2.45, 2.75) is 43.1 Å². The molecule has 0 radical (unpaired) electrons. The minimum Gasteiger partial charge on any atom is -0.467 e. The maximum absolute atomic E-state index is 11.2. The summed E-state index contributed by atoms with van der Waals surface area (Å²) in [6.07, 6.45) is 3.13. The van der Waals surface area contributed by atoms with Crippen LogP contribution in [0.3, 0.4) is 0 Å². The summed E-state index contributed by atoms with van der Waals surface area (Å²) in [4.78, 5) is 16.0. The Balaban J connectivity index is 1.50. The molecule has 154 valence electrons. The lowest BCUT2D eigenvalue weighted by molar-refractivity contribution is -0.118. The lowest BCUT2D eigenvalue weighted by Gasteiger charge is -2.13. The Morgan fingerprint density at radius 2 is 2.03 bits per heavy atom. The fourth-order valence-corrected chi connectivity index (χ4v) is 4.28. The summed E-state index contributed by atoms with van der Waals surface area (Å²) < 4.78 is 7.49. The van der Waals surface area contributed by atoms with E-state index in [1.165, 1.54) is 0 Å². The number of para-hydroxylation sites is 1. The van der Waals surface area contributed by atoms with Crippen molar-refractivity contribution >= 4 is 28.6 Å². The molecule has 0 saturated carbocycles. The van der Waals surface area contributed by atoms with Gasteiger partial charge in [-0.25, -0.2) is 0 Å². The molecule has 1 amide bonds. The van der Waals surface area contributed by atoms with Gasteiger partial charge in [0.1, 0.15) is 11.6 Å². The van der Waals surface area contributed by atoms with Gasteiger partial charge in [0.15, 0.2) is 5.16 Å². The molecular formula is C22H23N5O2S. The normalized spacial score (nSPS) is 12.3. The highest BCUT2D eigenvalue weighted by Gasteiger charge is 2.18. The molecule has 7 nitrogen and oxygen atoms in total. The molecule has 0 bridgehead atoms. The molecule has 1 aromatic carbocycles. The number of fused-ring (bicyclic) bond motifs is 1. The van der Waals surface area contributed by atoms with Crippen LogP contribution in [0.2, 0.25) is 0 Å². The molecule has 4 rings (SSSR count). The number of thioether (sulfide) groups is 1. The number of pyridine rings is 1. The largest absolute Gasteiger partial charge is 0.467 e. The molecule has 4 aromatic rings. The highest BCUT2D eigenvalue weighted by Crippen LogP contribution is 2.26. The first kappa shape index (κ1) is 20.2. The number of amides is 1. The molecule has 0 aliphatic carbocycles. The number of nitrogens with two attached hydrogens (primary N) is 1. The van der Waals surface area contributed by atoms with Crippen molar-refractivity contribution < 1.29 is 9.21 Å². The minimum absolute atomic E-state index is 0.234. The second kappa shape index (κ2) is 9.13. The van der Waals surface area contributed by atoms with Gasteiger partial charge >= 0.3 is 0 Å². The molecule has 30 heavy (non-hydrogen) atoms. The number of aromatic nitrogens is 4. The lowest BCUT2D eigenvalue weighted by atomic mass is 10.1. The summed E-state index contributed by atoms with van der Waals surface area (Å²) in [5, 5.41) is 10.8. The molecule has 0 unspecified atom stereocenters. The Labute approximate surface area is 178 Å². The minimum atomic E-state index is -0.354. The van der Waals surface area contributed by atoms with E-state index in [2.05, 4.69) is 35.3 Å². The van der Waals surface area contributed by atoms with Gasteiger partial charge in [0.2, 0.25) is 5.91 Å². The molecule has 0 saturated heterocycles. The first-order valence-electron chi connectivity index (χ1n) is 9.82. The van der Waals surface area contributed by atoms with Gasteiger partial charge in [-0.3, -0.25) is 14.3 Å². The van der Waals surface area contributed by atoms with E-state index in [-0.39, 0.29) is 17.6 Å². The molecule has 0 aliphatic rings. The number of hydrogen-bond donors (Lipinski definition) is 1. The summed E-state index contributed by atoms with van der Waals surface area (Å²) in [5.41, 5.74) is 7.36. The SMILES string of the molecule is C[C@H](Cc1ccc2ccccc2n1)Sc1nnc(CCC(N)=O)n1Cc1ccco1. The van der Waals surface area contributed by atoms with Crippen molar-refractivity contribution in [3.05, 3.63) is 72.1 Å². The number of carbonyl (C=O) groups is 1. The van der Waals surface area contributed by atoms with E-state index in [0.29, 0.717) is 13.0 Å². The highest BCUT2D eigenvalue weighted by molar-refractivity contribution is 7.99. The molecule has 8 heteroatoms. The first-order valence-corrected chi connectivity index (χ1v) is 10.7. The summed E-state index contributed by atoms with van der Waals surface area (Å²) in [5.74, 6) is 1.18. The average Bonchev–Trinajstić information content (AvgIpc) is 3.37. The number of benzene rings is 1. The third kappa shape index (κ3) is 4.88. The van der Waals surface area contributed by atoms with Crippen LogP contribution >= 0.6 is 11.8 Å². The average molecular weight is 422 g/mol. The van der Waals surface area contributed by atoms with Gasteiger partial charge in [-0.05, 0) is 24.3 Å². The van der Waals surface area contributed by atoms with Crippen LogP contribution in [0.1, 0.15) is 30.6 Å². The zero-order chi connectivity index (χ0) is 20.9. The molecular weight excluding hydrogens is 398 g/mol. The number of primary amides is 1. The van der Waals surface area contributed by atoms with Crippen LogP contribution in [0.5, 0.6) is 0 Å². The Morgan fingerprint density at radius 3 is 2.83 bits per heavy atom. The van der Waals surface area contributed by atoms with Crippen LogP contribution in [0.25, 0.3) is 10.9 Å². The number of aryl methyl sites for hydroxylation is 1. The van der Waals surface area contributed by atoms with E-state index in [4.69, 9.17) is 15.1 Å². The van der Waals surface area contributed by atoms with Gasteiger partial charge in [-0.15, -0.1) is 10.2 Å². The van der Waals surface area contributed by atoms with Gasteiger partial charge in [-0.1, -0.05) is 43.0 Å². The van der Waals surface area contributed by atoms with Gasteiger partial charge in [0, 0.05) is 35.6 Å². The maximum atomic E-state index is 11.2. The molecule has 0 fully saturated rings. The number of hydrogen-bond acceptors (Lipinski definition) is 6. The number of nitrogens with zero attached hydrogens (tertiary/aromatic N) is 4. The Morgan fingerprint density at radius 1 is 1.17 bits per heavy atom. The highest BCUT2D eigenvalue weighted by atomic mass is 32.2. The van der Waals surface area contributed by atoms with Crippen LogP contribution in [-0.2, 0) is 24.2 Å². The zero-order valence-corrected chi connectivity index (χ0v) is 17.5. The summed E-state index contributed by atoms with van der Waals surface area (Å²) in [6.45, 7) is 2.66. The predicted octanol–water partition coefficient (Wildman–Crippen LogP) is 3.61. The summed E-state index contributed by atoms with van der Waals surface area (Å²) >= 11 is 1.64. The molecule has 3 heterocycles. The van der Waals surface area contributed by atoms with Crippen molar-refractivity contribution in [3.8, 4) is 0 Å². The van der Waals surface area contributed by atoms with E-state index in [9.17, 15) is 4.79 Å². The number of carbonyl (C=O) groups excluding carboxylic acids is 1. The molecule has 0 spiro atoms. The number of furan rings is 1. The second-order valence-corrected chi connectivity index (χ2v) is 8.56. The van der Waals surface area contributed by atoms with Gasteiger partial charge in [0.25, 0.3) is 0 Å². The Kier molecular flexibility index (Phi) is 6.13. The predicted molar refractivity (Wildman–Crippen MR) is 116 cm³/mol. The monoisotopic (exact) mass is 421 g/mol. The molecule has 3 aromatic heterocycles. The zero-order valence-electron chi connectivity index (χ0n) is 16.7. The van der Waals surface area contributed by atoms with Crippen molar-refractivity contribution in [2.75, 3.05) is 0 Å². The first-order chi connectivity index (χ1) is 14.6. The van der Waals surface area contributed by atoms with E-state index < -0.39 is 0 Å². The fraction of sp³-hybridized carbons (Fsp3) is 0.273. The quantitative estimate of drug-likeness (QED) is 0.415. The van der Waals surface area contributed by atoms with Crippen LogP contribution in [0.15, 0.2) is 64.4 Å². The third-order valence-electron chi connectivity index (χ3n) is 4.74. The topological polar surface area (TPSA) is 99.8 Å². The van der Waals surface area contributed by atoms with Gasteiger partial charge in [0.05, 0.1) is 18.3 Å². The summed E-state index contributed by atoms with van der Waals surface area (Å²) in [7, 11) is 0. The van der Waals surface area contributed by atoms with Crippen LogP contribution in [-0.4, -0.2) is 30.9 Å². The van der Waals surface area contributed by atoms with E-state index in [1.54, 1.807) is 18.0 Å². The smallest absolute Gasteiger partial charge is 0.217 e. The standard InChI is InChI=1S/C22H23N5O2S/c1-15(13-17-9-8-16-5-2-3-7-19(16)24-17)30-22-26-25-21(11-10-20(23)28)27(22)14-18-6-4-12-29-18/h2-9,12,15H,10-11,13-14H2,1H3,(H2,23,28)/t15-/m1/s1. The fourth-order valence-electron chi connectivity index (χ4n) is 3.28. The molecule has 1 atom stereocenters. The van der Waals surface area contributed by atoms with Crippen LogP contribution < -0.4 is 5.73 Å². The van der Waals surface area contributed by atoms with E-state index in [0.717, 1.165) is 39.8 Å². The van der Waals surface area contributed by atoms with Gasteiger partial charge in [-0.2, -0.15) is 0 Å².